The lowest BCUT2D eigenvalue weighted by atomic mass is 10.0. The van der Waals surface area contributed by atoms with Crippen LogP contribution in [-0.4, -0.2) is 96.7 Å². The number of carbonyl (C=O) groups excluding carboxylic acids is 4. The van der Waals surface area contributed by atoms with E-state index in [4.69, 9.17) is 37.0 Å². The van der Waals surface area contributed by atoms with Crippen molar-refractivity contribution in [3.8, 4) is 0 Å². The Bertz CT molecular complexity index is 2320. The smallest absolute Gasteiger partial charge is 0.462 e. The quantitative estimate of drug-likeness (QED) is 0.0169. The highest BCUT2D eigenvalue weighted by atomic mass is 31.2. The highest BCUT2D eigenvalue weighted by Crippen LogP contribution is 2.45. The van der Waals surface area contributed by atoms with Crippen molar-refractivity contribution in [3.63, 3.8) is 0 Å². The molecule has 0 aliphatic carbocycles. The van der Waals surface area contributed by atoms with E-state index in [-0.39, 0.29) is 25.7 Å². The summed E-state index contributed by atoms with van der Waals surface area (Å²) in [5.74, 6) is -2.26. The second kappa shape index (κ2) is 73.0. The van der Waals surface area contributed by atoms with E-state index in [1.54, 1.807) is 0 Å². The van der Waals surface area contributed by atoms with E-state index in [1.165, 1.54) is 83.5 Å². The first kappa shape index (κ1) is 95.7. The molecule has 0 aliphatic rings. The van der Waals surface area contributed by atoms with E-state index in [9.17, 15) is 43.2 Å². The number of aliphatic hydroxyl groups excluding tert-OH is 1. The van der Waals surface area contributed by atoms with Crippen LogP contribution in [0.3, 0.4) is 0 Å². The van der Waals surface area contributed by atoms with Crippen LogP contribution in [0.1, 0.15) is 323 Å². The summed E-state index contributed by atoms with van der Waals surface area (Å²) < 4.78 is 68.5. The fourth-order valence-electron chi connectivity index (χ4n) is 10.3. The summed E-state index contributed by atoms with van der Waals surface area (Å²) in [6.07, 6.45) is 77.9. The van der Waals surface area contributed by atoms with Crippen molar-refractivity contribution in [2.45, 2.75) is 341 Å². The lowest BCUT2D eigenvalue weighted by Crippen LogP contribution is -2.30. The van der Waals surface area contributed by atoms with Gasteiger partial charge in [-0.3, -0.25) is 37.3 Å². The third-order valence-electron chi connectivity index (χ3n) is 16.2. The molecule has 17 nitrogen and oxygen atoms in total. The lowest BCUT2D eigenvalue weighted by molar-refractivity contribution is -0.161. The Kier molecular flexibility index (Phi) is 69.9. The minimum atomic E-state index is -4.99. The number of ether oxygens (including phenoxy) is 4. The van der Waals surface area contributed by atoms with E-state index in [1.807, 2.05) is 12.2 Å². The van der Waals surface area contributed by atoms with Crippen molar-refractivity contribution in [2.75, 3.05) is 39.6 Å². The molecule has 100 heavy (non-hydrogen) atoms. The van der Waals surface area contributed by atoms with Crippen LogP contribution in [0.5, 0.6) is 0 Å². The molecule has 0 saturated carbocycles. The summed E-state index contributed by atoms with van der Waals surface area (Å²) >= 11 is 0. The van der Waals surface area contributed by atoms with Crippen LogP contribution in [0.4, 0.5) is 0 Å². The SMILES string of the molecule is CC/C=C\C/C=C\C/C=C\C/C=C\C/C=C\CCCC(=O)OCC(COP(=O)(O)OCC(O)COP(=O)(O)OCC(COC(=O)CCCCCCC/C=C\C/C=C\CCCCC)OC(=O)CCCCCCC/C=C\C/C=C\CCC)OC(=O)CCCCCCCCCCCCCCCCC. The Morgan fingerprint density at radius 2 is 0.550 bits per heavy atom. The third kappa shape index (κ3) is 72.1. The number of phosphoric acid groups is 2. The van der Waals surface area contributed by atoms with Crippen molar-refractivity contribution in [3.05, 3.63) is 109 Å². The fraction of sp³-hybridized carbons (Fsp3) is 0.728. The third-order valence-corrected chi connectivity index (χ3v) is 18.1. The number of unbranched alkanes of at least 4 members (excludes halogenated alkanes) is 29. The van der Waals surface area contributed by atoms with Crippen LogP contribution in [-0.2, 0) is 65.4 Å². The maximum Gasteiger partial charge on any atom is 0.472 e. The number of carbonyl (C=O) groups is 4. The molecule has 0 amide bonds. The molecule has 0 fully saturated rings. The molecule has 3 N–H and O–H groups in total. The van der Waals surface area contributed by atoms with Gasteiger partial charge in [0.25, 0.3) is 0 Å². The highest BCUT2D eigenvalue weighted by Gasteiger charge is 2.30. The summed E-state index contributed by atoms with van der Waals surface area (Å²) in [6, 6.07) is 0. The van der Waals surface area contributed by atoms with Crippen molar-refractivity contribution in [1.29, 1.82) is 0 Å². The molecular weight excluding hydrogens is 1310 g/mol. The minimum absolute atomic E-state index is 0.0740. The molecule has 0 saturated heterocycles. The molecule has 0 rings (SSSR count). The first-order valence-electron chi connectivity index (χ1n) is 39.1. The van der Waals surface area contributed by atoms with E-state index in [2.05, 4.69) is 125 Å². The first-order chi connectivity index (χ1) is 48.7. The number of allylic oxidation sites excluding steroid dienone is 18. The molecule has 0 aromatic rings. The maximum atomic E-state index is 13.1. The van der Waals surface area contributed by atoms with Crippen LogP contribution < -0.4 is 0 Å². The Morgan fingerprint density at radius 1 is 0.290 bits per heavy atom. The summed E-state index contributed by atoms with van der Waals surface area (Å²) in [7, 11) is -9.97. The molecule has 5 atom stereocenters. The van der Waals surface area contributed by atoms with Gasteiger partial charge in [0.15, 0.2) is 12.2 Å². The Balaban J connectivity index is 5.40. The average molecular weight is 1450 g/mol. The predicted octanol–water partition coefficient (Wildman–Crippen LogP) is 22.6. The predicted molar refractivity (Wildman–Crippen MR) is 408 cm³/mol. The molecule has 19 heteroatoms. The summed E-state index contributed by atoms with van der Waals surface area (Å²) in [4.78, 5) is 72.9. The second-order valence-electron chi connectivity index (χ2n) is 25.9. The number of hydrogen-bond donors (Lipinski definition) is 3. The molecule has 0 radical (unpaired) electrons. The summed E-state index contributed by atoms with van der Waals surface area (Å²) in [6.45, 7) is 4.60. The fourth-order valence-corrected chi connectivity index (χ4v) is 11.8. The average Bonchev–Trinajstić information content (AvgIpc) is 1.06. The molecule has 0 spiro atoms. The highest BCUT2D eigenvalue weighted by molar-refractivity contribution is 7.47. The van der Waals surface area contributed by atoms with Crippen molar-refractivity contribution < 1.29 is 80.2 Å². The normalized spacial score (nSPS) is 14.5. The number of rotatable bonds is 73. The molecule has 0 bridgehead atoms. The lowest BCUT2D eigenvalue weighted by Gasteiger charge is -2.21. The molecule has 0 aromatic carbocycles. The van der Waals surface area contributed by atoms with Gasteiger partial charge in [-0.1, -0.05) is 285 Å². The van der Waals surface area contributed by atoms with Gasteiger partial charge >= 0.3 is 39.5 Å². The molecule has 0 aliphatic heterocycles. The zero-order valence-electron chi connectivity index (χ0n) is 62.8. The van der Waals surface area contributed by atoms with Crippen LogP contribution >= 0.6 is 15.6 Å². The Morgan fingerprint density at radius 3 is 0.900 bits per heavy atom. The Hall–Kier alpha value is -4.28. The second-order valence-corrected chi connectivity index (χ2v) is 28.8. The van der Waals surface area contributed by atoms with Crippen LogP contribution in [0, 0.1) is 0 Å². The van der Waals surface area contributed by atoms with E-state index in [0.717, 1.165) is 154 Å². The van der Waals surface area contributed by atoms with Crippen LogP contribution in [0.2, 0.25) is 0 Å². The van der Waals surface area contributed by atoms with Gasteiger partial charge in [-0.15, -0.1) is 0 Å². The zero-order chi connectivity index (χ0) is 73.2. The summed E-state index contributed by atoms with van der Waals surface area (Å²) in [5.41, 5.74) is 0. The van der Waals surface area contributed by atoms with Gasteiger partial charge in [-0.25, -0.2) is 9.13 Å². The van der Waals surface area contributed by atoms with Crippen molar-refractivity contribution >= 4 is 39.5 Å². The van der Waals surface area contributed by atoms with Crippen molar-refractivity contribution in [2.24, 2.45) is 0 Å². The van der Waals surface area contributed by atoms with Gasteiger partial charge in [0.1, 0.15) is 19.3 Å². The van der Waals surface area contributed by atoms with Crippen LogP contribution in [0.15, 0.2) is 109 Å². The molecule has 0 heterocycles. The van der Waals surface area contributed by atoms with Gasteiger partial charge in [0, 0.05) is 25.7 Å². The Labute approximate surface area is 607 Å². The minimum Gasteiger partial charge on any atom is -0.462 e. The van der Waals surface area contributed by atoms with E-state index in [0.29, 0.717) is 32.1 Å². The molecular formula is C81H140O17P2. The van der Waals surface area contributed by atoms with Crippen molar-refractivity contribution in [1.82, 2.24) is 0 Å². The summed E-state index contributed by atoms with van der Waals surface area (Å²) in [5, 5.41) is 10.6. The van der Waals surface area contributed by atoms with Gasteiger partial charge in [-0.2, -0.15) is 0 Å². The van der Waals surface area contributed by atoms with E-state index < -0.39 is 97.5 Å². The monoisotopic (exact) mass is 1450 g/mol. The van der Waals surface area contributed by atoms with Gasteiger partial charge in [-0.05, 0) is 122 Å². The topological polar surface area (TPSA) is 237 Å². The molecule has 576 valence electrons. The molecule has 5 unspecified atom stereocenters. The maximum absolute atomic E-state index is 13.1. The van der Waals surface area contributed by atoms with E-state index >= 15 is 0 Å². The number of hydrogen-bond acceptors (Lipinski definition) is 15. The van der Waals surface area contributed by atoms with Gasteiger partial charge in [0.2, 0.25) is 0 Å². The largest absolute Gasteiger partial charge is 0.472 e. The first-order valence-corrected chi connectivity index (χ1v) is 42.1. The number of esters is 4. The van der Waals surface area contributed by atoms with Gasteiger partial charge < -0.3 is 33.8 Å². The van der Waals surface area contributed by atoms with Crippen LogP contribution in [0.25, 0.3) is 0 Å². The number of aliphatic hydroxyl groups is 1. The van der Waals surface area contributed by atoms with Gasteiger partial charge in [0.05, 0.1) is 26.4 Å². The molecule has 0 aromatic heterocycles. The number of phosphoric ester groups is 2. The standard InChI is InChI=1S/C81H140O17P2/c1-5-9-13-17-21-25-29-33-36-37-40-43-46-50-54-58-62-66-79(84)92-72-77(98-81(86)68-64-60-56-52-48-44-39-35-31-27-23-19-15-11-7-3)74-96-100(89,90)94-70-75(82)69-93-99(87,88)95-73-76(97-80(85)67-63-59-55-51-47-41-32-28-24-20-16-12-8-4)71-91-78(83)65-61-57-53-49-45-42-38-34-30-26-22-18-14-10-6-2/h9,13,16,20-22,25-26,28,32-34,36,38,40,43,50,54,75-77,82H,5-8,10-12,14-15,17-19,23-24,27,29-31,35,37,39,41-42,44-49,51-53,55-74H2,1-4H3,(H,87,88)(H,89,90)/b13-9-,20-16-,25-21-,26-22-,32-28-,36-33-,38-34-,43-40-,54-50-. The zero-order valence-corrected chi connectivity index (χ0v) is 64.6.